The van der Waals surface area contributed by atoms with Crippen LogP contribution in [0, 0.1) is 0 Å². The fraction of sp³-hybridized carbons (Fsp3) is 0.347. The smallest absolute Gasteiger partial charge is 0.245 e. The first-order chi connectivity index (χ1) is 29.3. The Kier molecular flexibility index (Phi) is 11.7. The topological polar surface area (TPSA) is 104 Å². The maximum Gasteiger partial charge on any atom is 0.245 e. The second-order valence-corrected chi connectivity index (χ2v) is 17.1. The zero-order valence-electron chi connectivity index (χ0n) is 34.4. The first kappa shape index (κ1) is 39.9. The van der Waals surface area contributed by atoms with Gasteiger partial charge in [0.05, 0.1) is 35.9 Å². The van der Waals surface area contributed by atoms with Gasteiger partial charge in [-0.15, -0.1) is 0 Å². The van der Waals surface area contributed by atoms with Crippen LogP contribution in [-0.4, -0.2) is 91.6 Å². The van der Waals surface area contributed by atoms with Crippen LogP contribution in [0.4, 0.5) is 0 Å². The predicted molar refractivity (Wildman–Crippen MR) is 237 cm³/mol. The van der Waals surface area contributed by atoms with Crippen LogP contribution in [-0.2, 0) is 9.59 Å². The molecule has 3 aliphatic heterocycles. The molecule has 0 spiro atoms. The predicted octanol–water partition coefficient (Wildman–Crippen LogP) is 9.64. The number of halogens is 1. The van der Waals surface area contributed by atoms with E-state index in [0.717, 1.165) is 115 Å². The standard InChI is InChI=1S/C49H53ClN8O2/c1-55(2)45(38-15-7-8-16-39(38)50)49(60)58-30-12-18-43(58)47-52-32-41(54-47)36-25-21-34(22-26-36)33-19-23-35(24-20-33)40-31-51-46(53-40)42-17-11-29-57(42)48(59)44(37-13-5-3-6-14-37)56-27-9-4-10-28-56/h3,5-8,13-16,19-26,31-32,42-45H,4,9-12,17-18,27-30H2,1-2H3,(H,51,53)(H,52,54)/t42-,43-,44+,45+/m0/s1. The quantitative estimate of drug-likeness (QED) is 0.135. The van der Waals surface area contributed by atoms with Crippen molar-refractivity contribution in [1.82, 2.24) is 39.5 Å². The molecule has 0 aliphatic carbocycles. The highest BCUT2D eigenvalue weighted by atomic mass is 35.5. The molecular formula is C49H53ClN8O2. The van der Waals surface area contributed by atoms with Gasteiger partial charge in [-0.25, -0.2) is 9.97 Å². The van der Waals surface area contributed by atoms with Crippen LogP contribution in [0.2, 0.25) is 5.02 Å². The number of H-pyrrole nitrogens is 2. The number of carbonyl (C=O) groups is 2. The molecule has 5 heterocycles. The number of hydrogen-bond acceptors (Lipinski definition) is 6. The summed E-state index contributed by atoms with van der Waals surface area (Å²) in [6.07, 6.45) is 10.9. The molecule has 9 rings (SSSR count). The number of aromatic nitrogens is 4. The maximum atomic E-state index is 14.4. The summed E-state index contributed by atoms with van der Waals surface area (Å²) >= 11 is 6.56. The van der Waals surface area contributed by atoms with Crippen molar-refractivity contribution >= 4 is 23.4 Å². The lowest BCUT2D eigenvalue weighted by molar-refractivity contribution is -0.139. The van der Waals surface area contributed by atoms with E-state index in [1.165, 1.54) is 6.42 Å². The molecule has 10 nitrogen and oxygen atoms in total. The van der Waals surface area contributed by atoms with Crippen LogP contribution in [0.3, 0.4) is 0 Å². The van der Waals surface area contributed by atoms with Crippen LogP contribution in [0.25, 0.3) is 33.6 Å². The van der Waals surface area contributed by atoms with Crippen molar-refractivity contribution in [3.63, 3.8) is 0 Å². The minimum absolute atomic E-state index is 0.0321. The molecule has 3 saturated heterocycles. The van der Waals surface area contributed by atoms with Gasteiger partial charge in [-0.1, -0.05) is 115 Å². The Morgan fingerprint density at radius 3 is 1.65 bits per heavy atom. The molecule has 11 heteroatoms. The number of carbonyl (C=O) groups excluding carboxylic acids is 2. The second kappa shape index (κ2) is 17.6. The second-order valence-electron chi connectivity index (χ2n) is 16.7. The van der Waals surface area contributed by atoms with Crippen LogP contribution in [0.1, 0.15) is 91.9 Å². The lowest BCUT2D eigenvalue weighted by Crippen LogP contribution is -2.44. The van der Waals surface area contributed by atoms with Gasteiger partial charge in [0.1, 0.15) is 23.7 Å². The van der Waals surface area contributed by atoms with E-state index in [4.69, 9.17) is 21.6 Å². The SMILES string of the molecule is CN(C)[C@@H](C(=O)N1CCC[C@H]1c1ncc(-c2ccc(-c3ccc(-c4cnc([C@@H]5CCCN5C(=O)[C@@H](c5ccccc5)N5CCCCC5)[nH]4)cc3)cc2)[nH]1)c1ccccc1Cl. The summed E-state index contributed by atoms with van der Waals surface area (Å²) in [5.74, 6) is 1.87. The highest BCUT2D eigenvalue weighted by molar-refractivity contribution is 6.31. The number of rotatable bonds is 11. The van der Waals surface area contributed by atoms with Crippen LogP contribution in [0.5, 0.6) is 0 Å². The first-order valence-electron chi connectivity index (χ1n) is 21.5. The number of likely N-dealkylation sites (tertiary alicyclic amines) is 3. The molecule has 3 aliphatic rings. The zero-order chi connectivity index (χ0) is 41.2. The molecule has 0 unspecified atom stereocenters. The monoisotopic (exact) mass is 820 g/mol. The Bertz CT molecular complexity index is 2400. The normalized spacial score (nSPS) is 19.5. The van der Waals surface area contributed by atoms with Gasteiger partial charge in [0.25, 0.3) is 0 Å². The van der Waals surface area contributed by atoms with Gasteiger partial charge in [-0.05, 0) is 105 Å². The summed E-state index contributed by atoms with van der Waals surface area (Å²) in [6, 6.07) is 34.0. The molecule has 6 aromatic rings. The van der Waals surface area contributed by atoms with E-state index < -0.39 is 6.04 Å². The fourth-order valence-corrected chi connectivity index (χ4v) is 9.82. The minimum atomic E-state index is -0.477. The Hall–Kier alpha value is -5.55. The van der Waals surface area contributed by atoms with Gasteiger partial charge in [-0.2, -0.15) is 0 Å². The summed E-state index contributed by atoms with van der Waals surface area (Å²) in [4.78, 5) is 53.5. The number of likely N-dealkylation sites (N-methyl/N-ethyl adjacent to an activating group) is 1. The van der Waals surface area contributed by atoms with Crippen molar-refractivity contribution in [2.24, 2.45) is 0 Å². The summed E-state index contributed by atoms with van der Waals surface area (Å²) in [5, 5.41) is 0.591. The Labute approximate surface area is 357 Å². The zero-order valence-corrected chi connectivity index (χ0v) is 35.2. The van der Waals surface area contributed by atoms with Gasteiger partial charge < -0.3 is 19.8 Å². The molecular weight excluding hydrogens is 768 g/mol. The third-order valence-corrected chi connectivity index (χ3v) is 13.0. The van der Waals surface area contributed by atoms with E-state index >= 15 is 0 Å². The summed E-state index contributed by atoms with van der Waals surface area (Å²) in [5.41, 5.74) is 8.05. The van der Waals surface area contributed by atoms with Crippen molar-refractivity contribution in [1.29, 1.82) is 0 Å². The van der Waals surface area contributed by atoms with E-state index in [1.54, 1.807) is 0 Å². The van der Waals surface area contributed by atoms with E-state index in [9.17, 15) is 9.59 Å². The lowest BCUT2D eigenvalue weighted by atomic mass is 10.00. The van der Waals surface area contributed by atoms with E-state index in [2.05, 4.69) is 80.4 Å². The average Bonchev–Trinajstić information content (AvgIpc) is 4.13. The number of nitrogens with zero attached hydrogens (tertiary/aromatic N) is 6. The molecule has 2 amide bonds. The van der Waals surface area contributed by atoms with Crippen molar-refractivity contribution in [3.8, 4) is 33.6 Å². The third-order valence-electron chi connectivity index (χ3n) is 12.7. The largest absolute Gasteiger partial charge is 0.340 e. The minimum Gasteiger partial charge on any atom is -0.340 e. The average molecular weight is 821 g/mol. The van der Waals surface area contributed by atoms with Crippen molar-refractivity contribution < 1.29 is 9.59 Å². The number of hydrogen-bond donors (Lipinski definition) is 2. The van der Waals surface area contributed by atoms with Gasteiger partial charge in [0, 0.05) is 18.1 Å². The van der Waals surface area contributed by atoms with E-state index in [1.807, 2.05) is 78.8 Å². The number of imidazole rings is 2. The summed E-state index contributed by atoms with van der Waals surface area (Å²) < 4.78 is 0. The van der Waals surface area contributed by atoms with Crippen LogP contribution >= 0.6 is 11.6 Å². The number of benzene rings is 4. The number of piperidine rings is 1. The molecule has 2 N–H and O–H groups in total. The fourth-order valence-electron chi connectivity index (χ4n) is 9.58. The van der Waals surface area contributed by atoms with Gasteiger partial charge in [0.2, 0.25) is 11.8 Å². The van der Waals surface area contributed by atoms with Crippen molar-refractivity contribution in [3.05, 3.63) is 143 Å². The lowest BCUT2D eigenvalue weighted by Gasteiger charge is -2.37. The molecule has 2 aromatic heterocycles. The first-order valence-corrected chi connectivity index (χ1v) is 21.8. The highest BCUT2D eigenvalue weighted by Crippen LogP contribution is 2.38. The highest BCUT2D eigenvalue weighted by Gasteiger charge is 2.40. The summed E-state index contributed by atoms with van der Waals surface area (Å²) in [7, 11) is 3.84. The molecule has 0 bridgehead atoms. The molecule has 3 fully saturated rings. The number of aromatic amines is 2. The van der Waals surface area contributed by atoms with Gasteiger partial charge in [0.15, 0.2) is 0 Å². The molecule has 4 aromatic carbocycles. The van der Waals surface area contributed by atoms with Crippen LogP contribution in [0.15, 0.2) is 116 Å². The number of nitrogens with one attached hydrogen (secondary N) is 2. The van der Waals surface area contributed by atoms with Gasteiger partial charge in [-0.3, -0.25) is 19.4 Å². The van der Waals surface area contributed by atoms with Crippen molar-refractivity contribution in [2.75, 3.05) is 40.3 Å². The van der Waals surface area contributed by atoms with Crippen molar-refractivity contribution in [2.45, 2.75) is 69.1 Å². The molecule has 0 saturated carbocycles. The number of amides is 2. The molecule has 4 atom stereocenters. The molecule has 60 heavy (non-hydrogen) atoms. The Balaban J connectivity index is 0.864. The van der Waals surface area contributed by atoms with E-state index in [-0.39, 0.29) is 29.9 Å². The Morgan fingerprint density at radius 1 is 0.617 bits per heavy atom. The van der Waals surface area contributed by atoms with E-state index in [0.29, 0.717) is 11.6 Å². The third kappa shape index (κ3) is 8.04. The summed E-state index contributed by atoms with van der Waals surface area (Å²) in [6.45, 7) is 3.33. The Morgan fingerprint density at radius 2 is 1.12 bits per heavy atom. The van der Waals surface area contributed by atoms with Gasteiger partial charge >= 0.3 is 0 Å². The maximum absolute atomic E-state index is 14.4. The molecule has 308 valence electrons. The molecule has 0 radical (unpaired) electrons. The van der Waals surface area contributed by atoms with Crippen LogP contribution < -0.4 is 0 Å².